The van der Waals surface area contributed by atoms with Crippen LogP contribution in [0.25, 0.3) is 0 Å². The Morgan fingerprint density at radius 3 is 2.37 bits per heavy atom. The fourth-order valence-electron chi connectivity index (χ4n) is 2.23. The van der Waals surface area contributed by atoms with Gasteiger partial charge in [0, 0.05) is 39.8 Å². The molecule has 0 atom stereocenters. The molecule has 0 saturated carbocycles. The third-order valence-corrected chi connectivity index (χ3v) is 3.40. The van der Waals surface area contributed by atoms with Crippen LogP contribution in [-0.2, 0) is 9.47 Å². The third-order valence-electron chi connectivity index (χ3n) is 3.40. The third kappa shape index (κ3) is 5.78. The summed E-state index contributed by atoms with van der Waals surface area (Å²) in [5.74, 6) is 0. The van der Waals surface area contributed by atoms with Crippen LogP contribution in [0.15, 0.2) is 0 Å². The number of amides is 1. The van der Waals surface area contributed by atoms with Crippen LogP contribution in [0.4, 0.5) is 4.79 Å². The van der Waals surface area contributed by atoms with E-state index in [1.54, 1.807) is 12.0 Å². The second-order valence-electron chi connectivity index (χ2n) is 6.16. The van der Waals surface area contributed by atoms with Crippen LogP contribution >= 0.6 is 0 Å². The van der Waals surface area contributed by atoms with Gasteiger partial charge in [0.05, 0.1) is 6.61 Å². The van der Waals surface area contributed by atoms with E-state index in [2.05, 4.69) is 4.90 Å². The van der Waals surface area contributed by atoms with Gasteiger partial charge in [-0.25, -0.2) is 4.79 Å². The van der Waals surface area contributed by atoms with Gasteiger partial charge >= 0.3 is 6.09 Å². The minimum Gasteiger partial charge on any atom is -0.444 e. The lowest BCUT2D eigenvalue weighted by atomic mass is 10.0. The first kappa shape index (κ1) is 16.2. The zero-order chi connectivity index (χ0) is 14.5. The summed E-state index contributed by atoms with van der Waals surface area (Å²) < 4.78 is 10.5. The van der Waals surface area contributed by atoms with Crippen molar-refractivity contribution in [3.8, 4) is 0 Å². The van der Waals surface area contributed by atoms with Crippen molar-refractivity contribution >= 4 is 6.09 Å². The van der Waals surface area contributed by atoms with E-state index in [4.69, 9.17) is 9.47 Å². The van der Waals surface area contributed by atoms with Crippen LogP contribution < -0.4 is 0 Å². The second-order valence-corrected chi connectivity index (χ2v) is 6.16. The maximum atomic E-state index is 12.0. The summed E-state index contributed by atoms with van der Waals surface area (Å²) in [6, 6.07) is 0.286. The molecule has 0 unspecified atom stereocenters. The molecule has 0 aromatic carbocycles. The van der Waals surface area contributed by atoms with E-state index in [-0.39, 0.29) is 12.1 Å². The first-order valence-corrected chi connectivity index (χ1v) is 7.00. The van der Waals surface area contributed by atoms with E-state index < -0.39 is 5.60 Å². The summed E-state index contributed by atoms with van der Waals surface area (Å²) in [6.45, 7) is 9.46. The summed E-state index contributed by atoms with van der Waals surface area (Å²) in [6.07, 6.45) is 1.78. The van der Waals surface area contributed by atoms with Gasteiger partial charge in [0.1, 0.15) is 5.60 Å². The first-order chi connectivity index (χ1) is 8.83. The monoisotopic (exact) mass is 272 g/mol. The number of piperidine rings is 1. The van der Waals surface area contributed by atoms with Crippen molar-refractivity contribution in [2.45, 2.75) is 45.3 Å². The molecular weight excluding hydrogens is 244 g/mol. The van der Waals surface area contributed by atoms with Crippen molar-refractivity contribution in [3.05, 3.63) is 0 Å². The lowest BCUT2D eigenvalue weighted by Crippen LogP contribution is -2.47. The van der Waals surface area contributed by atoms with Gasteiger partial charge in [-0.15, -0.1) is 0 Å². The molecule has 112 valence electrons. The minimum absolute atomic E-state index is 0.220. The highest BCUT2D eigenvalue weighted by atomic mass is 16.6. The number of rotatable bonds is 4. The maximum Gasteiger partial charge on any atom is 0.410 e. The topological polar surface area (TPSA) is 42.0 Å². The highest BCUT2D eigenvalue weighted by Crippen LogP contribution is 2.18. The molecule has 1 heterocycles. The minimum atomic E-state index is -0.426. The summed E-state index contributed by atoms with van der Waals surface area (Å²) in [5, 5.41) is 0. The smallest absolute Gasteiger partial charge is 0.410 e. The number of hydrogen-bond acceptors (Lipinski definition) is 4. The molecule has 1 rings (SSSR count). The van der Waals surface area contributed by atoms with Crippen LogP contribution in [0, 0.1) is 0 Å². The molecule has 1 aliphatic rings. The van der Waals surface area contributed by atoms with Gasteiger partial charge in [0.15, 0.2) is 0 Å². The molecule has 0 N–H and O–H groups in total. The van der Waals surface area contributed by atoms with E-state index in [9.17, 15) is 4.79 Å². The Kier molecular flexibility index (Phi) is 6.07. The van der Waals surface area contributed by atoms with Crippen molar-refractivity contribution in [1.82, 2.24) is 9.80 Å². The Labute approximate surface area is 116 Å². The van der Waals surface area contributed by atoms with Crippen molar-refractivity contribution in [2.75, 3.05) is 40.4 Å². The Morgan fingerprint density at radius 1 is 1.32 bits per heavy atom. The second kappa shape index (κ2) is 7.10. The van der Waals surface area contributed by atoms with Crippen LogP contribution in [0.5, 0.6) is 0 Å². The van der Waals surface area contributed by atoms with Gasteiger partial charge < -0.3 is 19.3 Å². The van der Waals surface area contributed by atoms with Crippen LogP contribution in [0.3, 0.4) is 0 Å². The molecule has 0 spiro atoms. The van der Waals surface area contributed by atoms with Crippen LogP contribution in [0.2, 0.25) is 0 Å². The fraction of sp³-hybridized carbons (Fsp3) is 0.929. The Bertz CT molecular complexity index is 281. The van der Waals surface area contributed by atoms with Gasteiger partial charge in [-0.05, 0) is 33.6 Å². The average molecular weight is 272 g/mol. The molecule has 5 nitrogen and oxygen atoms in total. The van der Waals surface area contributed by atoms with Crippen molar-refractivity contribution < 1.29 is 14.3 Å². The predicted octanol–water partition coefficient (Wildman–Crippen LogP) is 1.96. The molecule has 1 aliphatic heterocycles. The van der Waals surface area contributed by atoms with Gasteiger partial charge in [-0.1, -0.05) is 0 Å². The molecule has 0 aromatic heterocycles. The summed E-state index contributed by atoms with van der Waals surface area (Å²) in [7, 11) is 3.56. The average Bonchev–Trinajstić information content (AvgIpc) is 2.34. The van der Waals surface area contributed by atoms with E-state index in [0.717, 1.165) is 39.1 Å². The van der Waals surface area contributed by atoms with Crippen LogP contribution in [-0.4, -0.2) is 67.9 Å². The summed E-state index contributed by atoms with van der Waals surface area (Å²) in [5.41, 5.74) is -0.426. The number of carbonyl (C=O) groups excluding carboxylic acids is 1. The molecule has 0 aliphatic carbocycles. The van der Waals surface area contributed by atoms with Crippen molar-refractivity contribution in [1.29, 1.82) is 0 Å². The van der Waals surface area contributed by atoms with Gasteiger partial charge in [0.25, 0.3) is 0 Å². The molecule has 1 fully saturated rings. The number of ether oxygens (including phenoxy) is 2. The maximum absolute atomic E-state index is 12.0. The number of methoxy groups -OCH3 is 1. The Balaban J connectivity index is 2.36. The highest BCUT2D eigenvalue weighted by molar-refractivity contribution is 5.68. The molecule has 0 aromatic rings. The van der Waals surface area contributed by atoms with Gasteiger partial charge in [0.2, 0.25) is 0 Å². The van der Waals surface area contributed by atoms with E-state index in [1.165, 1.54) is 0 Å². The standard InChI is InChI=1S/C14H28N2O3/c1-14(2,3)19-13(17)15(4)12-6-8-16(9-7-12)10-11-18-5/h12H,6-11H2,1-5H3. The Morgan fingerprint density at radius 2 is 1.89 bits per heavy atom. The highest BCUT2D eigenvalue weighted by Gasteiger charge is 2.28. The SMILES string of the molecule is COCCN1CCC(N(C)C(=O)OC(C)(C)C)CC1. The quantitative estimate of drug-likeness (QED) is 0.784. The lowest BCUT2D eigenvalue weighted by Gasteiger charge is -2.37. The van der Waals surface area contributed by atoms with Gasteiger partial charge in [-0.3, -0.25) is 0 Å². The van der Waals surface area contributed by atoms with Crippen molar-refractivity contribution in [2.24, 2.45) is 0 Å². The number of hydrogen-bond donors (Lipinski definition) is 0. The lowest BCUT2D eigenvalue weighted by molar-refractivity contribution is 0.0141. The molecule has 0 radical (unpaired) electrons. The predicted molar refractivity (Wildman–Crippen MR) is 75.3 cm³/mol. The van der Waals surface area contributed by atoms with Gasteiger partial charge in [-0.2, -0.15) is 0 Å². The van der Waals surface area contributed by atoms with E-state index in [1.807, 2.05) is 27.8 Å². The molecule has 19 heavy (non-hydrogen) atoms. The zero-order valence-corrected chi connectivity index (χ0v) is 12.9. The molecule has 1 saturated heterocycles. The fourth-order valence-corrected chi connectivity index (χ4v) is 2.23. The number of likely N-dealkylation sites (tertiary alicyclic amines) is 1. The Hall–Kier alpha value is -0.810. The molecule has 0 bridgehead atoms. The largest absolute Gasteiger partial charge is 0.444 e. The summed E-state index contributed by atoms with van der Waals surface area (Å²) in [4.78, 5) is 16.1. The van der Waals surface area contributed by atoms with E-state index in [0.29, 0.717) is 0 Å². The number of carbonyl (C=O) groups is 1. The molecule has 5 heteroatoms. The van der Waals surface area contributed by atoms with Crippen molar-refractivity contribution in [3.63, 3.8) is 0 Å². The van der Waals surface area contributed by atoms with Crippen LogP contribution in [0.1, 0.15) is 33.6 Å². The zero-order valence-electron chi connectivity index (χ0n) is 12.9. The molecular formula is C14H28N2O3. The van der Waals surface area contributed by atoms with E-state index >= 15 is 0 Å². The summed E-state index contributed by atoms with van der Waals surface area (Å²) >= 11 is 0. The first-order valence-electron chi connectivity index (χ1n) is 7.00. The normalized spacial score (nSPS) is 18.4. The molecule has 1 amide bonds. The number of nitrogens with zero attached hydrogens (tertiary/aromatic N) is 2.